The Morgan fingerprint density at radius 1 is 0.931 bits per heavy atom. The molecule has 0 spiro atoms. The average molecular weight is 425 g/mol. The van der Waals surface area contributed by atoms with Crippen molar-refractivity contribution < 1.29 is 13.2 Å². The Balaban J connectivity index is 2.19. The smallest absolute Gasteiger partial charge is 0.321 e. The van der Waals surface area contributed by atoms with E-state index < -0.39 is 22.0 Å². The van der Waals surface area contributed by atoms with Crippen molar-refractivity contribution in [3.63, 3.8) is 0 Å². The second-order valence-electron chi connectivity index (χ2n) is 7.33. The van der Waals surface area contributed by atoms with E-state index in [0.29, 0.717) is 6.54 Å². The number of nitrogens with one attached hydrogen (secondary N) is 2. The highest BCUT2D eigenvalue weighted by molar-refractivity contribution is 7.90. The first kappa shape index (κ1) is 24.9. The zero-order valence-electron chi connectivity index (χ0n) is 17.7. The van der Waals surface area contributed by atoms with Crippen LogP contribution >= 0.6 is 0 Å². The standard InChI is InChI=1S/C21H36N4O3S/c1-3-4-5-6-7-8-9-10-11-12-17-23-21(26)24-20(22)25-29(27,28)19-15-13-18(2)14-16-19/h13-16H,3-12,17H2,1-2H3,(H4,22,23,24,25,26). The van der Waals surface area contributed by atoms with Gasteiger partial charge in [0.05, 0.1) is 4.90 Å². The molecule has 0 aromatic heterocycles. The van der Waals surface area contributed by atoms with Gasteiger partial charge in [-0.25, -0.2) is 4.79 Å². The minimum atomic E-state index is -3.95. The number of nitrogens with two attached hydrogens (primary N) is 1. The summed E-state index contributed by atoms with van der Waals surface area (Å²) >= 11 is 0. The molecule has 4 N–H and O–H groups in total. The highest BCUT2D eigenvalue weighted by Gasteiger charge is 2.14. The molecule has 0 saturated carbocycles. The molecule has 1 rings (SSSR count). The Bertz CT molecular complexity index is 731. The van der Waals surface area contributed by atoms with Gasteiger partial charge in [-0.1, -0.05) is 82.4 Å². The fourth-order valence-corrected chi connectivity index (χ4v) is 3.78. The van der Waals surface area contributed by atoms with Crippen molar-refractivity contribution in [2.45, 2.75) is 83.0 Å². The van der Waals surface area contributed by atoms with E-state index in [1.54, 1.807) is 12.1 Å². The lowest BCUT2D eigenvalue weighted by molar-refractivity contribution is 0.245. The third-order valence-electron chi connectivity index (χ3n) is 4.59. The van der Waals surface area contributed by atoms with Crippen LogP contribution in [-0.2, 0) is 10.0 Å². The van der Waals surface area contributed by atoms with E-state index in [-0.39, 0.29) is 4.90 Å². The van der Waals surface area contributed by atoms with Gasteiger partial charge in [0.2, 0.25) is 5.96 Å². The zero-order valence-corrected chi connectivity index (χ0v) is 18.6. The summed E-state index contributed by atoms with van der Waals surface area (Å²) in [7, 11) is -3.95. The lowest BCUT2D eigenvalue weighted by Gasteiger charge is -2.07. The molecule has 1 aromatic carbocycles. The number of benzene rings is 1. The number of carbonyl (C=O) groups excluding carboxylic acids is 1. The summed E-state index contributed by atoms with van der Waals surface area (Å²) in [6.45, 7) is 4.59. The predicted molar refractivity (Wildman–Crippen MR) is 118 cm³/mol. The van der Waals surface area contributed by atoms with Crippen molar-refractivity contribution >= 4 is 22.0 Å². The predicted octanol–water partition coefficient (Wildman–Crippen LogP) is 4.22. The molecule has 0 radical (unpaired) electrons. The topological polar surface area (TPSA) is 114 Å². The van der Waals surface area contributed by atoms with Crippen molar-refractivity contribution in [3.8, 4) is 0 Å². The Morgan fingerprint density at radius 2 is 1.45 bits per heavy atom. The van der Waals surface area contributed by atoms with E-state index in [1.807, 2.05) is 6.92 Å². The van der Waals surface area contributed by atoms with Crippen LogP contribution in [0.2, 0.25) is 0 Å². The molecule has 8 heteroatoms. The van der Waals surface area contributed by atoms with Crippen LogP contribution in [0.15, 0.2) is 33.6 Å². The molecule has 0 unspecified atom stereocenters. The lowest BCUT2D eigenvalue weighted by Crippen LogP contribution is -2.44. The van der Waals surface area contributed by atoms with Crippen LogP contribution in [0.25, 0.3) is 0 Å². The number of unbranched alkanes of at least 4 members (excludes halogenated alkanes) is 9. The van der Waals surface area contributed by atoms with Crippen LogP contribution in [-0.4, -0.2) is 27.0 Å². The third kappa shape index (κ3) is 11.5. The van der Waals surface area contributed by atoms with Gasteiger partial charge in [-0.3, -0.25) is 5.32 Å². The van der Waals surface area contributed by atoms with Crippen molar-refractivity contribution in [1.29, 1.82) is 0 Å². The summed E-state index contributed by atoms with van der Waals surface area (Å²) in [6.07, 6.45) is 12.2. The lowest BCUT2D eigenvalue weighted by atomic mass is 10.1. The monoisotopic (exact) mass is 424 g/mol. The quantitative estimate of drug-likeness (QED) is 0.250. The number of sulfonamides is 1. The summed E-state index contributed by atoms with van der Waals surface area (Å²) < 4.78 is 27.8. The van der Waals surface area contributed by atoms with Gasteiger partial charge in [0, 0.05) is 6.54 Å². The first-order valence-corrected chi connectivity index (χ1v) is 12.0. The molecule has 0 aliphatic rings. The molecule has 0 fully saturated rings. The number of rotatable bonds is 13. The number of carbonyl (C=O) groups is 1. The number of aryl methyl sites for hydroxylation is 1. The molecule has 7 nitrogen and oxygen atoms in total. The first-order chi connectivity index (χ1) is 13.8. The largest absolute Gasteiger partial charge is 0.369 e. The number of nitrogens with zero attached hydrogens (tertiary/aromatic N) is 1. The van der Waals surface area contributed by atoms with Crippen LogP contribution in [0.5, 0.6) is 0 Å². The molecule has 0 heterocycles. The maximum atomic E-state index is 12.2. The minimum absolute atomic E-state index is 0.0265. The molecular weight excluding hydrogens is 388 g/mol. The highest BCUT2D eigenvalue weighted by atomic mass is 32.2. The molecule has 0 aliphatic carbocycles. The van der Waals surface area contributed by atoms with Gasteiger partial charge < -0.3 is 11.1 Å². The maximum Gasteiger partial charge on any atom is 0.321 e. The average Bonchev–Trinajstić information content (AvgIpc) is 2.66. The number of amides is 2. The molecule has 29 heavy (non-hydrogen) atoms. The van der Waals surface area contributed by atoms with Gasteiger partial charge in [-0.2, -0.15) is 8.42 Å². The molecule has 2 amide bonds. The van der Waals surface area contributed by atoms with Crippen LogP contribution in [0.3, 0.4) is 0 Å². The molecule has 0 atom stereocenters. The molecule has 0 bridgehead atoms. The second-order valence-corrected chi connectivity index (χ2v) is 8.93. The third-order valence-corrected chi connectivity index (χ3v) is 5.90. The van der Waals surface area contributed by atoms with E-state index >= 15 is 0 Å². The van der Waals surface area contributed by atoms with Gasteiger partial charge in [-0.15, -0.1) is 4.40 Å². The normalized spacial score (nSPS) is 12.0. The van der Waals surface area contributed by atoms with Crippen LogP contribution < -0.4 is 16.4 Å². The number of hydrogen-bond acceptors (Lipinski definition) is 3. The Hall–Kier alpha value is -2.09. The summed E-state index contributed by atoms with van der Waals surface area (Å²) in [6, 6.07) is 5.69. The van der Waals surface area contributed by atoms with Gasteiger partial charge in [0.25, 0.3) is 10.0 Å². The van der Waals surface area contributed by atoms with Crippen molar-refractivity contribution in [2.24, 2.45) is 10.1 Å². The van der Waals surface area contributed by atoms with Crippen molar-refractivity contribution in [1.82, 2.24) is 10.6 Å². The summed E-state index contributed by atoms with van der Waals surface area (Å²) in [5, 5.41) is 4.92. The van der Waals surface area contributed by atoms with Crippen LogP contribution in [0.1, 0.15) is 76.7 Å². The van der Waals surface area contributed by atoms with Crippen molar-refractivity contribution in [3.05, 3.63) is 29.8 Å². The number of urea groups is 1. The fourth-order valence-electron chi connectivity index (χ4n) is 2.89. The molecule has 0 saturated heterocycles. The highest BCUT2D eigenvalue weighted by Crippen LogP contribution is 2.13. The van der Waals surface area contributed by atoms with E-state index in [9.17, 15) is 13.2 Å². The number of guanidine groups is 1. The Morgan fingerprint density at radius 3 is 2.00 bits per heavy atom. The van der Waals surface area contributed by atoms with E-state index in [1.165, 1.54) is 57.1 Å². The van der Waals surface area contributed by atoms with Gasteiger partial charge in [0.1, 0.15) is 0 Å². The maximum absolute atomic E-state index is 12.2. The minimum Gasteiger partial charge on any atom is -0.369 e. The van der Waals surface area contributed by atoms with Crippen LogP contribution in [0.4, 0.5) is 4.79 Å². The SMILES string of the molecule is CCCCCCCCCCCCNC(=O)N/C(N)=N/S(=O)(=O)c1ccc(C)cc1. The second kappa shape index (κ2) is 14.0. The number of hydrogen-bond donors (Lipinski definition) is 3. The molecule has 1 aromatic rings. The van der Waals surface area contributed by atoms with Crippen molar-refractivity contribution in [2.75, 3.05) is 6.54 Å². The Labute approximate surface area is 175 Å². The Kier molecular flexibility index (Phi) is 12.0. The van der Waals surface area contributed by atoms with E-state index in [2.05, 4.69) is 22.0 Å². The molecular formula is C21H36N4O3S. The van der Waals surface area contributed by atoms with Gasteiger partial charge >= 0.3 is 6.03 Å². The van der Waals surface area contributed by atoms with Crippen LogP contribution in [0, 0.1) is 6.92 Å². The van der Waals surface area contributed by atoms with E-state index in [0.717, 1.165) is 24.8 Å². The summed E-state index contributed by atoms with van der Waals surface area (Å²) in [5.74, 6) is -0.453. The zero-order chi connectivity index (χ0) is 21.5. The van der Waals surface area contributed by atoms with E-state index in [4.69, 9.17) is 5.73 Å². The fraction of sp³-hybridized carbons (Fsp3) is 0.619. The van der Waals surface area contributed by atoms with Gasteiger partial charge in [0.15, 0.2) is 0 Å². The molecule has 164 valence electrons. The first-order valence-electron chi connectivity index (χ1n) is 10.6. The summed E-state index contributed by atoms with van der Waals surface area (Å²) in [5.41, 5.74) is 6.49. The molecule has 0 aliphatic heterocycles. The van der Waals surface area contributed by atoms with Gasteiger partial charge in [-0.05, 0) is 25.5 Å². The summed E-state index contributed by atoms with van der Waals surface area (Å²) in [4.78, 5) is 11.8.